The topological polar surface area (TPSA) is 26.0 Å². The molecule has 0 atom stereocenters. The summed E-state index contributed by atoms with van der Waals surface area (Å²) in [5.74, 6) is 0. The van der Waals surface area contributed by atoms with Crippen molar-refractivity contribution in [2.24, 2.45) is 0 Å². The van der Waals surface area contributed by atoms with Gasteiger partial charge in [0.25, 0.3) is 0 Å². The number of anilines is 1. The van der Waals surface area contributed by atoms with Crippen LogP contribution < -0.4 is 5.73 Å². The van der Waals surface area contributed by atoms with Gasteiger partial charge in [-0.2, -0.15) is 0 Å². The van der Waals surface area contributed by atoms with Crippen molar-refractivity contribution in [3.05, 3.63) is 23.3 Å². The molecule has 0 fully saturated rings. The van der Waals surface area contributed by atoms with E-state index < -0.39 is 0 Å². The van der Waals surface area contributed by atoms with E-state index in [-0.39, 0.29) is 0 Å². The van der Waals surface area contributed by atoms with Crippen molar-refractivity contribution in [2.75, 3.05) is 5.73 Å². The molecule has 0 aromatic heterocycles. The zero-order chi connectivity index (χ0) is 9.72. The molecular weight excluding hydrogens is 166 g/mol. The molecule has 1 nitrogen and oxygen atoms in total. The van der Waals surface area contributed by atoms with Crippen LogP contribution in [-0.4, -0.2) is 0 Å². The summed E-state index contributed by atoms with van der Waals surface area (Å²) in [5, 5.41) is 0. The smallest absolute Gasteiger partial charge is 0.0479 e. The van der Waals surface area contributed by atoms with Crippen LogP contribution in [0.4, 0.5) is 5.69 Å². The molecule has 0 amide bonds. The maximum Gasteiger partial charge on any atom is 0.0479 e. The molecule has 2 N–H and O–H groups in total. The number of nitrogen functional groups attached to an aromatic ring is 1. The van der Waals surface area contributed by atoms with Crippen molar-refractivity contribution in [2.45, 2.75) is 32.6 Å². The van der Waals surface area contributed by atoms with E-state index in [1.807, 2.05) is 33.8 Å². The number of aryl methyl sites for hydroxylation is 2. The van der Waals surface area contributed by atoms with E-state index in [2.05, 4.69) is 18.7 Å². The van der Waals surface area contributed by atoms with Gasteiger partial charge in [0.05, 0.1) is 0 Å². The second-order valence-corrected chi connectivity index (χ2v) is 3.00. The van der Waals surface area contributed by atoms with E-state index in [4.69, 9.17) is 5.73 Å². The molecule has 12 heavy (non-hydrogen) atoms. The average molecular weight is 183 g/mol. The summed E-state index contributed by atoms with van der Waals surface area (Å²) in [6.07, 6.45) is 0. The van der Waals surface area contributed by atoms with E-state index >= 15 is 0 Å². The van der Waals surface area contributed by atoms with Gasteiger partial charge < -0.3 is 5.73 Å². The van der Waals surface area contributed by atoms with Gasteiger partial charge in [-0.25, -0.2) is 0 Å². The van der Waals surface area contributed by atoms with Gasteiger partial charge in [-0.15, -0.1) is 12.6 Å². The van der Waals surface area contributed by atoms with Gasteiger partial charge in [0.15, 0.2) is 0 Å². The summed E-state index contributed by atoms with van der Waals surface area (Å²) < 4.78 is 0. The first-order chi connectivity index (χ1) is 5.61. The summed E-state index contributed by atoms with van der Waals surface area (Å²) in [6, 6.07) is 4.01. The minimum Gasteiger partial charge on any atom is -0.398 e. The Balaban J connectivity index is 0.000000561. The largest absolute Gasteiger partial charge is 0.398 e. The van der Waals surface area contributed by atoms with Crippen LogP contribution in [0.3, 0.4) is 0 Å². The van der Waals surface area contributed by atoms with Gasteiger partial charge in [0, 0.05) is 10.6 Å². The molecule has 0 aliphatic heterocycles. The van der Waals surface area contributed by atoms with Gasteiger partial charge >= 0.3 is 0 Å². The van der Waals surface area contributed by atoms with E-state index in [9.17, 15) is 0 Å². The van der Waals surface area contributed by atoms with Crippen molar-refractivity contribution >= 4 is 18.3 Å². The first-order valence-electron chi connectivity index (χ1n) is 4.17. The van der Waals surface area contributed by atoms with Crippen LogP contribution >= 0.6 is 12.6 Å². The molecule has 0 aliphatic rings. The molecule has 1 aromatic rings. The van der Waals surface area contributed by atoms with E-state index in [0.717, 1.165) is 16.1 Å². The van der Waals surface area contributed by atoms with Crippen LogP contribution in [0.5, 0.6) is 0 Å². The first kappa shape index (κ1) is 11.4. The summed E-state index contributed by atoms with van der Waals surface area (Å²) in [5.41, 5.74) is 8.77. The average Bonchev–Trinajstić information content (AvgIpc) is 2.04. The lowest BCUT2D eigenvalue weighted by molar-refractivity contribution is 1.31. The Bertz CT molecular complexity index is 233. The summed E-state index contributed by atoms with van der Waals surface area (Å²) in [4.78, 5) is 0.873. The van der Waals surface area contributed by atoms with Crippen molar-refractivity contribution in [3.8, 4) is 0 Å². The molecule has 68 valence electrons. The fourth-order valence-electron chi connectivity index (χ4n) is 0.956. The standard InChI is InChI=1S/C8H11NS.C2H6/c1-5-3-6(2)8(9)7(10)4-5;1-2/h3-4,10H,9H2,1-2H3;1-2H3. The quantitative estimate of drug-likeness (QED) is 0.469. The Kier molecular flexibility index (Phi) is 4.83. The fraction of sp³-hybridized carbons (Fsp3) is 0.400. The van der Waals surface area contributed by atoms with Crippen LogP contribution in [-0.2, 0) is 0 Å². The Morgan fingerprint density at radius 3 is 2.08 bits per heavy atom. The highest BCUT2D eigenvalue weighted by molar-refractivity contribution is 7.80. The molecule has 2 heteroatoms. The predicted octanol–water partition coefficient (Wildman–Crippen LogP) is 3.20. The third-order valence-corrected chi connectivity index (χ3v) is 1.88. The number of benzene rings is 1. The second-order valence-electron chi connectivity index (χ2n) is 2.51. The number of hydrogen-bond acceptors (Lipinski definition) is 2. The highest BCUT2D eigenvalue weighted by Gasteiger charge is 1.97. The van der Waals surface area contributed by atoms with Gasteiger partial charge in [-0.1, -0.05) is 19.9 Å². The Morgan fingerprint density at radius 2 is 1.67 bits per heavy atom. The maximum absolute atomic E-state index is 5.67. The van der Waals surface area contributed by atoms with Crippen molar-refractivity contribution in [1.82, 2.24) is 0 Å². The fourth-order valence-corrected chi connectivity index (χ4v) is 1.34. The number of thiol groups is 1. The Hall–Kier alpha value is -0.630. The molecule has 0 spiro atoms. The molecule has 1 rings (SSSR count). The van der Waals surface area contributed by atoms with Gasteiger partial charge in [-0.05, 0) is 31.0 Å². The number of rotatable bonds is 0. The van der Waals surface area contributed by atoms with Crippen LogP contribution in [0.15, 0.2) is 17.0 Å². The Morgan fingerprint density at radius 1 is 1.17 bits per heavy atom. The molecule has 0 bridgehead atoms. The van der Waals surface area contributed by atoms with Gasteiger partial charge in [0.1, 0.15) is 0 Å². The first-order valence-corrected chi connectivity index (χ1v) is 4.61. The van der Waals surface area contributed by atoms with E-state index in [0.29, 0.717) is 0 Å². The van der Waals surface area contributed by atoms with Crippen molar-refractivity contribution < 1.29 is 0 Å². The maximum atomic E-state index is 5.67. The minimum absolute atomic E-state index is 0.786. The van der Waals surface area contributed by atoms with Crippen molar-refractivity contribution in [1.29, 1.82) is 0 Å². The number of nitrogens with two attached hydrogens (primary N) is 1. The second kappa shape index (κ2) is 5.09. The molecule has 0 heterocycles. The highest BCUT2D eigenvalue weighted by atomic mass is 32.1. The Labute approximate surface area is 80.4 Å². The third-order valence-electron chi connectivity index (χ3n) is 1.51. The summed E-state index contributed by atoms with van der Waals surface area (Å²) in [6.45, 7) is 8.02. The van der Waals surface area contributed by atoms with Crippen LogP contribution in [0, 0.1) is 13.8 Å². The molecule has 0 aliphatic carbocycles. The van der Waals surface area contributed by atoms with E-state index in [1.165, 1.54) is 5.56 Å². The van der Waals surface area contributed by atoms with Crippen LogP contribution in [0.1, 0.15) is 25.0 Å². The minimum atomic E-state index is 0.786. The summed E-state index contributed by atoms with van der Waals surface area (Å²) >= 11 is 4.21. The van der Waals surface area contributed by atoms with Crippen LogP contribution in [0.2, 0.25) is 0 Å². The van der Waals surface area contributed by atoms with E-state index in [1.54, 1.807) is 0 Å². The molecule has 0 saturated heterocycles. The molecular formula is C10H17NS. The molecule has 0 unspecified atom stereocenters. The SMILES string of the molecule is CC.Cc1cc(C)c(N)c(S)c1. The third kappa shape index (κ3) is 2.78. The predicted molar refractivity (Wildman–Crippen MR) is 58.9 cm³/mol. The molecule has 0 saturated carbocycles. The zero-order valence-corrected chi connectivity index (χ0v) is 9.07. The van der Waals surface area contributed by atoms with Crippen LogP contribution in [0.25, 0.3) is 0 Å². The monoisotopic (exact) mass is 183 g/mol. The lowest BCUT2D eigenvalue weighted by Crippen LogP contribution is -1.91. The lowest BCUT2D eigenvalue weighted by atomic mass is 10.1. The molecule has 1 aromatic carbocycles. The number of hydrogen-bond donors (Lipinski definition) is 2. The van der Waals surface area contributed by atoms with Gasteiger partial charge in [0.2, 0.25) is 0 Å². The van der Waals surface area contributed by atoms with Crippen molar-refractivity contribution in [3.63, 3.8) is 0 Å². The van der Waals surface area contributed by atoms with Gasteiger partial charge in [-0.3, -0.25) is 0 Å². The summed E-state index contributed by atoms with van der Waals surface area (Å²) in [7, 11) is 0. The lowest BCUT2D eigenvalue weighted by Gasteiger charge is -2.03. The zero-order valence-electron chi connectivity index (χ0n) is 8.18. The highest BCUT2D eigenvalue weighted by Crippen LogP contribution is 2.21. The molecule has 0 radical (unpaired) electrons. The normalized spacial score (nSPS) is 8.75.